The molecular weight excluding hydrogens is 202 g/mol. The molecule has 0 saturated heterocycles. The van der Waals surface area contributed by atoms with Crippen molar-refractivity contribution in [3.63, 3.8) is 0 Å². The van der Waals surface area contributed by atoms with E-state index in [1.165, 1.54) is 0 Å². The van der Waals surface area contributed by atoms with E-state index in [4.69, 9.17) is 5.73 Å². The third kappa shape index (κ3) is 2.42. The quantitative estimate of drug-likeness (QED) is 0.685. The summed E-state index contributed by atoms with van der Waals surface area (Å²) in [5.74, 6) is 0.747. The van der Waals surface area contributed by atoms with Gasteiger partial charge in [-0.05, 0) is 23.8 Å². The third-order valence-corrected chi connectivity index (χ3v) is 2.23. The minimum atomic E-state index is 0.242. The molecule has 0 bridgehead atoms. The van der Waals surface area contributed by atoms with Crippen LogP contribution >= 0.6 is 0 Å². The van der Waals surface area contributed by atoms with Crippen molar-refractivity contribution in [2.24, 2.45) is 0 Å². The van der Waals surface area contributed by atoms with Crippen molar-refractivity contribution in [3.05, 3.63) is 48.2 Å². The number of nitrogens with one attached hydrogen (secondary N) is 1. The first-order valence-electron chi connectivity index (χ1n) is 4.98. The van der Waals surface area contributed by atoms with Crippen LogP contribution in [0.25, 0.3) is 0 Å². The number of nitrogens with zero attached hydrogens (tertiary/aromatic N) is 1. The van der Waals surface area contributed by atoms with Gasteiger partial charge in [0.25, 0.3) is 0 Å². The van der Waals surface area contributed by atoms with E-state index in [9.17, 15) is 5.11 Å². The van der Waals surface area contributed by atoms with E-state index in [-0.39, 0.29) is 5.75 Å². The van der Waals surface area contributed by atoms with E-state index in [0.29, 0.717) is 18.1 Å². The Kier molecular flexibility index (Phi) is 2.91. The van der Waals surface area contributed by atoms with Crippen LogP contribution in [0.3, 0.4) is 0 Å². The van der Waals surface area contributed by atoms with E-state index < -0.39 is 0 Å². The zero-order valence-electron chi connectivity index (χ0n) is 8.72. The number of anilines is 2. The van der Waals surface area contributed by atoms with E-state index in [1.54, 1.807) is 24.4 Å². The molecule has 0 aliphatic rings. The number of phenols is 1. The SMILES string of the molecule is Nc1ccc(CNc2ccccc2O)cn1. The van der Waals surface area contributed by atoms with Crippen molar-refractivity contribution in [1.29, 1.82) is 0 Å². The summed E-state index contributed by atoms with van der Waals surface area (Å²) in [7, 11) is 0. The van der Waals surface area contributed by atoms with E-state index in [0.717, 1.165) is 5.56 Å². The Bertz CT molecular complexity index is 468. The summed E-state index contributed by atoms with van der Waals surface area (Å²) in [5.41, 5.74) is 7.21. The second-order valence-corrected chi connectivity index (χ2v) is 3.46. The highest BCUT2D eigenvalue weighted by Crippen LogP contribution is 2.21. The Hall–Kier alpha value is -2.23. The highest BCUT2D eigenvalue weighted by atomic mass is 16.3. The lowest BCUT2D eigenvalue weighted by atomic mass is 10.2. The van der Waals surface area contributed by atoms with Crippen LogP contribution in [0.4, 0.5) is 11.5 Å². The Morgan fingerprint density at radius 2 is 2.00 bits per heavy atom. The number of rotatable bonds is 3. The number of hydrogen-bond donors (Lipinski definition) is 3. The molecule has 0 radical (unpaired) electrons. The molecule has 0 spiro atoms. The lowest BCUT2D eigenvalue weighted by Gasteiger charge is -2.07. The van der Waals surface area contributed by atoms with Gasteiger partial charge in [0.05, 0.1) is 5.69 Å². The summed E-state index contributed by atoms with van der Waals surface area (Å²) in [4.78, 5) is 3.99. The number of hydrogen-bond acceptors (Lipinski definition) is 4. The van der Waals surface area contributed by atoms with Gasteiger partial charge in [-0.2, -0.15) is 0 Å². The number of benzene rings is 1. The number of nitrogens with two attached hydrogens (primary N) is 1. The number of nitrogen functional groups attached to an aromatic ring is 1. The molecule has 0 unspecified atom stereocenters. The van der Waals surface area contributed by atoms with Gasteiger partial charge in [0.1, 0.15) is 11.6 Å². The lowest BCUT2D eigenvalue weighted by Crippen LogP contribution is -2.00. The van der Waals surface area contributed by atoms with Crippen molar-refractivity contribution in [1.82, 2.24) is 4.98 Å². The molecule has 0 aliphatic heterocycles. The number of aromatic nitrogens is 1. The van der Waals surface area contributed by atoms with Crippen molar-refractivity contribution >= 4 is 11.5 Å². The first-order valence-corrected chi connectivity index (χ1v) is 4.98. The van der Waals surface area contributed by atoms with Crippen LogP contribution in [0, 0.1) is 0 Å². The average Bonchev–Trinajstić information content (AvgIpc) is 2.30. The topological polar surface area (TPSA) is 71.2 Å². The number of phenolic OH excluding ortho intramolecular Hbond substituents is 1. The molecule has 1 heterocycles. The van der Waals surface area contributed by atoms with Crippen LogP contribution in [-0.4, -0.2) is 10.1 Å². The van der Waals surface area contributed by atoms with Crippen molar-refractivity contribution < 1.29 is 5.11 Å². The van der Waals surface area contributed by atoms with Gasteiger partial charge >= 0.3 is 0 Å². The van der Waals surface area contributed by atoms with Crippen LogP contribution in [-0.2, 0) is 6.54 Å². The highest BCUT2D eigenvalue weighted by molar-refractivity contribution is 5.55. The number of para-hydroxylation sites is 2. The van der Waals surface area contributed by atoms with Gasteiger partial charge in [0.15, 0.2) is 0 Å². The first-order chi connectivity index (χ1) is 7.75. The van der Waals surface area contributed by atoms with Crippen LogP contribution < -0.4 is 11.1 Å². The zero-order chi connectivity index (χ0) is 11.4. The third-order valence-electron chi connectivity index (χ3n) is 2.23. The highest BCUT2D eigenvalue weighted by Gasteiger charge is 1.98. The predicted octanol–water partition coefficient (Wildman–Crippen LogP) is 1.98. The largest absolute Gasteiger partial charge is 0.506 e. The number of pyridine rings is 1. The molecule has 1 aromatic carbocycles. The van der Waals surface area contributed by atoms with Gasteiger partial charge in [-0.1, -0.05) is 18.2 Å². The molecule has 4 N–H and O–H groups in total. The van der Waals surface area contributed by atoms with Crippen LogP contribution in [0.5, 0.6) is 5.75 Å². The Labute approximate surface area is 93.8 Å². The molecule has 0 atom stereocenters. The summed E-state index contributed by atoms with van der Waals surface area (Å²) in [6, 6.07) is 10.8. The molecule has 1 aromatic heterocycles. The van der Waals surface area contributed by atoms with Gasteiger partial charge in [0, 0.05) is 12.7 Å². The molecule has 0 fully saturated rings. The van der Waals surface area contributed by atoms with Gasteiger partial charge < -0.3 is 16.2 Å². The molecule has 2 rings (SSSR count). The maximum atomic E-state index is 9.53. The average molecular weight is 215 g/mol. The molecule has 0 saturated carbocycles. The standard InChI is InChI=1S/C12H13N3O/c13-12-6-5-9(8-15-12)7-14-10-3-1-2-4-11(10)16/h1-6,8,14,16H,7H2,(H2,13,15). The molecule has 16 heavy (non-hydrogen) atoms. The van der Waals surface area contributed by atoms with Crippen molar-refractivity contribution in [2.75, 3.05) is 11.1 Å². The van der Waals surface area contributed by atoms with E-state index in [1.807, 2.05) is 18.2 Å². The second kappa shape index (κ2) is 4.53. The van der Waals surface area contributed by atoms with Crippen molar-refractivity contribution in [2.45, 2.75) is 6.54 Å². The van der Waals surface area contributed by atoms with Gasteiger partial charge in [-0.3, -0.25) is 0 Å². The molecule has 2 aromatic rings. The smallest absolute Gasteiger partial charge is 0.138 e. The zero-order valence-corrected chi connectivity index (χ0v) is 8.72. The number of aromatic hydroxyl groups is 1. The fourth-order valence-corrected chi connectivity index (χ4v) is 1.36. The molecule has 82 valence electrons. The Morgan fingerprint density at radius 3 is 2.69 bits per heavy atom. The molecule has 0 amide bonds. The van der Waals surface area contributed by atoms with Crippen LogP contribution in [0.15, 0.2) is 42.6 Å². The summed E-state index contributed by atoms with van der Waals surface area (Å²) >= 11 is 0. The van der Waals surface area contributed by atoms with Gasteiger partial charge in [-0.15, -0.1) is 0 Å². The maximum absolute atomic E-state index is 9.53. The minimum Gasteiger partial charge on any atom is -0.506 e. The Balaban J connectivity index is 2.02. The van der Waals surface area contributed by atoms with Gasteiger partial charge in [0.2, 0.25) is 0 Å². The second-order valence-electron chi connectivity index (χ2n) is 3.46. The normalized spacial score (nSPS) is 10.0. The van der Waals surface area contributed by atoms with Crippen LogP contribution in [0.1, 0.15) is 5.56 Å². The molecule has 4 heteroatoms. The maximum Gasteiger partial charge on any atom is 0.138 e. The van der Waals surface area contributed by atoms with E-state index >= 15 is 0 Å². The Morgan fingerprint density at radius 1 is 1.19 bits per heavy atom. The molecule has 0 aliphatic carbocycles. The monoisotopic (exact) mass is 215 g/mol. The summed E-state index contributed by atoms with van der Waals surface area (Å²) < 4.78 is 0. The lowest BCUT2D eigenvalue weighted by molar-refractivity contribution is 0.477. The predicted molar refractivity (Wildman–Crippen MR) is 64.1 cm³/mol. The van der Waals surface area contributed by atoms with Crippen molar-refractivity contribution in [3.8, 4) is 5.75 Å². The van der Waals surface area contributed by atoms with E-state index in [2.05, 4.69) is 10.3 Å². The first kappa shape index (κ1) is 10.3. The molecular formula is C12H13N3O. The van der Waals surface area contributed by atoms with Gasteiger partial charge in [-0.25, -0.2) is 4.98 Å². The summed E-state index contributed by atoms with van der Waals surface area (Å²) in [5, 5.41) is 12.7. The summed E-state index contributed by atoms with van der Waals surface area (Å²) in [6.45, 7) is 0.602. The molecule has 4 nitrogen and oxygen atoms in total. The fraction of sp³-hybridized carbons (Fsp3) is 0.0833. The summed E-state index contributed by atoms with van der Waals surface area (Å²) in [6.07, 6.45) is 1.71. The minimum absolute atomic E-state index is 0.242. The fourth-order valence-electron chi connectivity index (χ4n) is 1.36. The van der Waals surface area contributed by atoms with Crippen LogP contribution in [0.2, 0.25) is 0 Å².